The van der Waals surface area contributed by atoms with E-state index in [0.29, 0.717) is 0 Å². The summed E-state index contributed by atoms with van der Waals surface area (Å²) in [5, 5.41) is 32.9. The standard InChI is InChI=1S/C12H20N4O8/c1-5(17)10(16-7(18)3-13)11(22)14-4-8(19)15-6(12(23)24)2-9(20)21/h5-6,10,17H,2-4,13H2,1H3,(H,14,22)(H,15,19)(H,16,18)(H,20,21)(H,23,24). The fraction of sp³-hybridized carbons (Fsp3) is 0.583. The number of carbonyl (C=O) groups is 5. The van der Waals surface area contributed by atoms with Gasteiger partial charge in [-0.2, -0.15) is 0 Å². The van der Waals surface area contributed by atoms with Crippen molar-refractivity contribution >= 4 is 29.7 Å². The number of aliphatic hydroxyl groups is 1. The van der Waals surface area contributed by atoms with Crippen molar-refractivity contribution in [1.82, 2.24) is 16.0 Å². The molecule has 12 heteroatoms. The third-order valence-electron chi connectivity index (χ3n) is 2.70. The zero-order chi connectivity index (χ0) is 18.9. The van der Waals surface area contributed by atoms with Crippen molar-refractivity contribution in [3.8, 4) is 0 Å². The number of nitrogens with one attached hydrogen (secondary N) is 3. The fourth-order valence-corrected chi connectivity index (χ4v) is 1.53. The Morgan fingerprint density at radius 2 is 1.62 bits per heavy atom. The van der Waals surface area contributed by atoms with Gasteiger partial charge in [-0.25, -0.2) is 4.79 Å². The Kier molecular flexibility index (Phi) is 8.97. The second kappa shape index (κ2) is 10.1. The Morgan fingerprint density at radius 3 is 2.04 bits per heavy atom. The van der Waals surface area contributed by atoms with Crippen molar-refractivity contribution in [3.63, 3.8) is 0 Å². The fourth-order valence-electron chi connectivity index (χ4n) is 1.53. The molecule has 12 nitrogen and oxygen atoms in total. The molecule has 0 saturated carbocycles. The lowest BCUT2D eigenvalue weighted by molar-refractivity contribution is -0.147. The van der Waals surface area contributed by atoms with Crippen LogP contribution in [0.1, 0.15) is 13.3 Å². The zero-order valence-corrected chi connectivity index (χ0v) is 12.8. The van der Waals surface area contributed by atoms with E-state index in [-0.39, 0.29) is 0 Å². The Labute approximate surface area is 136 Å². The van der Waals surface area contributed by atoms with Crippen molar-refractivity contribution in [3.05, 3.63) is 0 Å². The van der Waals surface area contributed by atoms with Crippen molar-refractivity contribution in [2.75, 3.05) is 13.1 Å². The number of hydrogen-bond acceptors (Lipinski definition) is 7. The molecule has 0 aromatic heterocycles. The molecule has 0 fully saturated rings. The van der Waals surface area contributed by atoms with E-state index >= 15 is 0 Å². The maximum atomic E-state index is 11.8. The second-order valence-electron chi connectivity index (χ2n) is 4.76. The van der Waals surface area contributed by atoms with Crippen LogP contribution in [0.5, 0.6) is 0 Å². The normalized spacial score (nSPS) is 14.0. The molecule has 0 radical (unpaired) electrons. The van der Waals surface area contributed by atoms with Crippen LogP contribution in [-0.2, 0) is 24.0 Å². The molecule has 0 spiro atoms. The Balaban J connectivity index is 4.60. The molecular weight excluding hydrogens is 328 g/mol. The van der Waals surface area contributed by atoms with Gasteiger partial charge in [0, 0.05) is 0 Å². The lowest BCUT2D eigenvalue weighted by Gasteiger charge is -2.20. The number of amides is 3. The third kappa shape index (κ3) is 8.05. The molecule has 0 saturated heterocycles. The summed E-state index contributed by atoms with van der Waals surface area (Å²) in [5.41, 5.74) is 5.07. The Hall–Kier alpha value is -2.73. The number of hydrogen-bond donors (Lipinski definition) is 7. The minimum Gasteiger partial charge on any atom is -0.481 e. The molecule has 8 N–H and O–H groups in total. The molecule has 0 bridgehead atoms. The van der Waals surface area contributed by atoms with Gasteiger partial charge in [-0.1, -0.05) is 0 Å². The highest BCUT2D eigenvalue weighted by Crippen LogP contribution is 1.95. The lowest BCUT2D eigenvalue weighted by Crippen LogP contribution is -2.55. The van der Waals surface area contributed by atoms with Gasteiger partial charge in [-0.3, -0.25) is 19.2 Å². The zero-order valence-electron chi connectivity index (χ0n) is 12.8. The molecule has 24 heavy (non-hydrogen) atoms. The summed E-state index contributed by atoms with van der Waals surface area (Å²) >= 11 is 0. The van der Waals surface area contributed by atoms with Crippen LogP contribution in [0.2, 0.25) is 0 Å². The van der Waals surface area contributed by atoms with Crippen LogP contribution in [0.3, 0.4) is 0 Å². The van der Waals surface area contributed by atoms with Gasteiger partial charge in [0.25, 0.3) is 0 Å². The predicted molar refractivity (Wildman–Crippen MR) is 77.5 cm³/mol. The van der Waals surface area contributed by atoms with Crippen molar-refractivity contribution in [1.29, 1.82) is 0 Å². The van der Waals surface area contributed by atoms with E-state index < -0.39 is 67.4 Å². The SMILES string of the molecule is CC(O)C(NC(=O)CN)C(=O)NCC(=O)NC(CC(=O)O)C(=O)O. The minimum atomic E-state index is -1.66. The van der Waals surface area contributed by atoms with Gasteiger partial charge in [-0.15, -0.1) is 0 Å². The van der Waals surface area contributed by atoms with Crippen molar-refractivity contribution in [2.24, 2.45) is 5.73 Å². The molecule has 0 rings (SSSR count). The van der Waals surface area contributed by atoms with Crippen LogP contribution in [0, 0.1) is 0 Å². The highest BCUT2D eigenvalue weighted by Gasteiger charge is 2.27. The first kappa shape index (κ1) is 21.3. The van der Waals surface area contributed by atoms with E-state index in [9.17, 15) is 29.1 Å². The number of aliphatic carboxylic acids is 2. The molecule has 0 aliphatic heterocycles. The summed E-state index contributed by atoms with van der Waals surface area (Å²) in [6.07, 6.45) is -2.11. The largest absolute Gasteiger partial charge is 0.481 e. The number of aliphatic hydroxyl groups excluding tert-OH is 1. The molecule has 0 aliphatic carbocycles. The van der Waals surface area contributed by atoms with E-state index in [4.69, 9.17) is 15.9 Å². The first-order valence-corrected chi connectivity index (χ1v) is 6.77. The molecule has 3 atom stereocenters. The summed E-state index contributed by atoms with van der Waals surface area (Å²) in [5.74, 6) is -5.52. The minimum absolute atomic E-state index is 0.410. The van der Waals surface area contributed by atoms with Gasteiger partial charge >= 0.3 is 11.9 Å². The predicted octanol–water partition coefficient (Wildman–Crippen LogP) is -4.03. The lowest BCUT2D eigenvalue weighted by atomic mass is 10.1. The number of nitrogens with two attached hydrogens (primary N) is 1. The number of carboxylic acids is 2. The molecular formula is C12H20N4O8. The smallest absolute Gasteiger partial charge is 0.326 e. The summed E-state index contributed by atoms with van der Waals surface area (Å²) < 4.78 is 0. The van der Waals surface area contributed by atoms with Gasteiger partial charge in [0.1, 0.15) is 12.1 Å². The molecule has 0 heterocycles. The highest BCUT2D eigenvalue weighted by molar-refractivity contribution is 5.92. The maximum Gasteiger partial charge on any atom is 0.326 e. The average molecular weight is 348 g/mol. The topological polar surface area (TPSA) is 208 Å². The van der Waals surface area contributed by atoms with Crippen LogP contribution in [0.25, 0.3) is 0 Å². The molecule has 0 aromatic rings. The molecule has 136 valence electrons. The van der Waals surface area contributed by atoms with E-state index in [2.05, 4.69) is 10.6 Å². The first-order chi connectivity index (χ1) is 11.1. The van der Waals surface area contributed by atoms with E-state index in [1.54, 1.807) is 0 Å². The summed E-state index contributed by atoms with van der Waals surface area (Å²) in [7, 11) is 0. The Morgan fingerprint density at radius 1 is 1.04 bits per heavy atom. The van der Waals surface area contributed by atoms with Crippen LogP contribution in [0.4, 0.5) is 0 Å². The van der Waals surface area contributed by atoms with Crippen LogP contribution < -0.4 is 21.7 Å². The monoisotopic (exact) mass is 348 g/mol. The maximum absolute atomic E-state index is 11.8. The average Bonchev–Trinajstić information content (AvgIpc) is 2.48. The number of carbonyl (C=O) groups excluding carboxylic acids is 3. The van der Waals surface area contributed by atoms with Gasteiger partial charge in [0.15, 0.2) is 0 Å². The first-order valence-electron chi connectivity index (χ1n) is 6.77. The Bertz CT molecular complexity index is 507. The summed E-state index contributed by atoms with van der Waals surface area (Å²) in [4.78, 5) is 55.8. The van der Waals surface area contributed by atoms with E-state index in [1.165, 1.54) is 6.92 Å². The molecule has 0 aromatic carbocycles. The molecule has 3 unspecified atom stereocenters. The molecule has 3 amide bonds. The summed E-state index contributed by atoms with van der Waals surface area (Å²) in [6.45, 7) is 0.144. The summed E-state index contributed by atoms with van der Waals surface area (Å²) in [6, 6.07) is -3.01. The van der Waals surface area contributed by atoms with Gasteiger partial charge in [0.2, 0.25) is 17.7 Å². The second-order valence-corrected chi connectivity index (χ2v) is 4.76. The third-order valence-corrected chi connectivity index (χ3v) is 2.70. The number of carboxylic acid groups (broad SMARTS) is 2. The van der Waals surface area contributed by atoms with Crippen LogP contribution in [-0.4, -0.2) is 76.3 Å². The van der Waals surface area contributed by atoms with Crippen LogP contribution in [0.15, 0.2) is 0 Å². The van der Waals surface area contributed by atoms with Crippen molar-refractivity contribution in [2.45, 2.75) is 31.5 Å². The van der Waals surface area contributed by atoms with Crippen molar-refractivity contribution < 1.29 is 39.3 Å². The quantitative estimate of drug-likeness (QED) is 0.205. The molecule has 0 aliphatic rings. The van der Waals surface area contributed by atoms with Gasteiger partial charge in [-0.05, 0) is 6.92 Å². The van der Waals surface area contributed by atoms with Crippen LogP contribution >= 0.6 is 0 Å². The van der Waals surface area contributed by atoms with Gasteiger partial charge < -0.3 is 37.0 Å². The van der Waals surface area contributed by atoms with Gasteiger partial charge in [0.05, 0.1) is 25.6 Å². The van der Waals surface area contributed by atoms with E-state index in [1.807, 2.05) is 5.32 Å². The number of rotatable bonds is 10. The van der Waals surface area contributed by atoms with E-state index in [0.717, 1.165) is 0 Å². The highest BCUT2D eigenvalue weighted by atomic mass is 16.4.